The predicted octanol–water partition coefficient (Wildman–Crippen LogP) is 1.95. The number of alkyl halides is 3. The standard InChI is InChI=1S/C11H22N4O2.C2HF3O2/c12-9(6-8-4-2-1-3-5-8)11(17)10(16)7-14-15-13;3-2(4,5)1(6)7/h8-11,16-17H,1-7,12H2;(H,6,7)/t9-,10-,11+;/m0./s1. The van der Waals surface area contributed by atoms with Crippen LogP contribution in [0.2, 0.25) is 0 Å². The maximum absolute atomic E-state index is 10.6. The van der Waals surface area contributed by atoms with Crippen LogP contribution >= 0.6 is 0 Å². The van der Waals surface area contributed by atoms with E-state index in [9.17, 15) is 23.4 Å². The molecule has 0 amide bonds. The average Bonchev–Trinajstić information content (AvgIpc) is 2.52. The Hall–Kier alpha value is -1.55. The third-order valence-electron chi connectivity index (χ3n) is 3.74. The highest BCUT2D eigenvalue weighted by Crippen LogP contribution is 2.27. The normalized spacial score (nSPS) is 19.2. The number of carboxylic acid groups (broad SMARTS) is 1. The lowest BCUT2D eigenvalue weighted by molar-refractivity contribution is -0.192. The van der Waals surface area contributed by atoms with E-state index in [0.717, 1.165) is 19.3 Å². The van der Waals surface area contributed by atoms with Crippen molar-refractivity contribution in [3.63, 3.8) is 0 Å². The summed E-state index contributed by atoms with van der Waals surface area (Å²) in [6.45, 7) is -0.129. The number of aliphatic hydroxyl groups excluding tert-OH is 2. The van der Waals surface area contributed by atoms with Crippen LogP contribution < -0.4 is 5.73 Å². The lowest BCUT2D eigenvalue weighted by Gasteiger charge is -2.28. The van der Waals surface area contributed by atoms with E-state index in [1.54, 1.807) is 0 Å². The molecule has 1 saturated carbocycles. The third kappa shape index (κ3) is 9.56. The molecule has 5 N–H and O–H groups in total. The number of halogens is 3. The summed E-state index contributed by atoms with van der Waals surface area (Å²) >= 11 is 0. The highest BCUT2D eigenvalue weighted by Gasteiger charge is 2.38. The van der Waals surface area contributed by atoms with Crippen molar-refractivity contribution in [2.75, 3.05) is 6.54 Å². The third-order valence-corrected chi connectivity index (χ3v) is 3.74. The van der Waals surface area contributed by atoms with Gasteiger partial charge >= 0.3 is 12.1 Å². The quantitative estimate of drug-likeness (QED) is 0.325. The lowest BCUT2D eigenvalue weighted by Crippen LogP contribution is -2.45. The molecule has 0 aromatic rings. The molecule has 0 spiro atoms. The predicted molar refractivity (Wildman–Crippen MR) is 78.9 cm³/mol. The fourth-order valence-corrected chi connectivity index (χ4v) is 2.46. The number of hydrogen-bond acceptors (Lipinski definition) is 5. The van der Waals surface area contributed by atoms with Crippen LogP contribution in [0.25, 0.3) is 10.4 Å². The van der Waals surface area contributed by atoms with E-state index in [1.165, 1.54) is 19.3 Å². The minimum absolute atomic E-state index is 0.129. The van der Waals surface area contributed by atoms with Gasteiger partial charge in [-0.15, -0.1) is 0 Å². The van der Waals surface area contributed by atoms with Gasteiger partial charge < -0.3 is 21.1 Å². The van der Waals surface area contributed by atoms with Gasteiger partial charge in [0.25, 0.3) is 0 Å². The van der Waals surface area contributed by atoms with Gasteiger partial charge in [-0.05, 0) is 17.9 Å². The monoisotopic (exact) mass is 356 g/mol. The maximum atomic E-state index is 10.6. The van der Waals surface area contributed by atoms with Gasteiger partial charge in [-0.2, -0.15) is 13.2 Å². The number of aliphatic carboxylic acids is 1. The first kappa shape index (κ1) is 22.4. The minimum Gasteiger partial charge on any atom is -0.475 e. The van der Waals surface area contributed by atoms with Gasteiger partial charge in [-0.25, -0.2) is 4.79 Å². The molecule has 0 aliphatic heterocycles. The molecule has 0 aromatic heterocycles. The molecule has 0 aromatic carbocycles. The lowest BCUT2D eigenvalue weighted by atomic mass is 9.83. The fraction of sp³-hybridized carbons (Fsp3) is 0.923. The molecule has 3 atom stereocenters. The molecule has 8 nitrogen and oxygen atoms in total. The Bertz CT molecular complexity index is 424. The summed E-state index contributed by atoms with van der Waals surface area (Å²) in [5.74, 6) is -2.20. The van der Waals surface area contributed by atoms with E-state index in [1.807, 2.05) is 0 Å². The fourth-order valence-electron chi connectivity index (χ4n) is 2.46. The molecule has 1 aliphatic carbocycles. The molecule has 0 bridgehead atoms. The van der Waals surface area contributed by atoms with Crippen molar-refractivity contribution in [3.05, 3.63) is 10.4 Å². The van der Waals surface area contributed by atoms with Crippen LogP contribution in [0, 0.1) is 5.92 Å². The van der Waals surface area contributed by atoms with Crippen LogP contribution in [0.1, 0.15) is 38.5 Å². The Labute approximate surface area is 137 Å². The van der Waals surface area contributed by atoms with E-state index in [-0.39, 0.29) is 6.54 Å². The van der Waals surface area contributed by atoms with Crippen LogP contribution in [0.15, 0.2) is 5.11 Å². The van der Waals surface area contributed by atoms with E-state index in [4.69, 9.17) is 21.2 Å². The van der Waals surface area contributed by atoms with Crippen molar-refractivity contribution >= 4 is 5.97 Å². The zero-order chi connectivity index (χ0) is 18.8. The second-order valence-corrected chi connectivity index (χ2v) is 5.68. The van der Waals surface area contributed by atoms with Gasteiger partial charge in [-0.1, -0.05) is 37.2 Å². The number of azide groups is 1. The van der Waals surface area contributed by atoms with Crippen LogP contribution in [0.3, 0.4) is 0 Å². The van der Waals surface area contributed by atoms with E-state index in [2.05, 4.69) is 10.0 Å². The Kier molecular flexibility index (Phi) is 10.4. The summed E-state index contributed by atoms with van der Waals surface area (Å²) in [7, 11) is 0. The van der Waals surface area contributed by atoms with E-state index >= 15 is 0 Å². The Morgan fingerprint density at radius 1 is 1.29 bits per heavy atom. The number of carboxylic acids is 1. The Morgan fingerprint density at radius 3 is 2.21 bits per heavy atom. The van der Waals surface area contributed by atoms with Gasteiger partial charge in [0, 0.05) is 11.0 Å². The maximum Gasteiger partial charge on any atom is 0.490 e. The van der Waals surface area contributed by atoms with Gasteiger partial charge in [0.1, 0.15) is 0 Å². The summed E-state index contributed by atoms with van der Waals surface area (Å²) in [6.07, 6.45) is -0.363. The number of hydrogen-bond donors (Lipinski definition) is 4. The second-order valence-electron chi connectivity index (χ2n) is 5.68. The van der Waals surface area contributed by atoms with Crippen LogP contribution in [-0.2, 0) is 4.79 Å². The minimum atomic E-state index is -5.08. The summed E-state index contributed by atoms with van der Waals surface area (Å²) in [6, 6.07) is -0.443. The van der Waals surface area contributed by atoms with Gasteiger partial charge in [0.2, 0.25) is 0 Å². The largest absolute Gasteiger partial charge is 0.490 e. The summed E-state index contributed by atoms with van der Waals surface area (Å²) in [4.78, 5) is 11.4. The molecule has 140 valence electrons. The zero-order valence-electron chi connectivity index (χ0n) is 13.1. The van der Waals surface area contributed by atoms with Crippen molar-refractivity contribution in [1.82, 2.24) is 0 Å². The highest BCUT2D eigenvalue weighted by molar-refractivity contribution is 5.73. The first-order valence-corrected chi connectivity index (χ1v) is 7.52. The molecular formula is C13H23F3N4O4. The molecule has 24 heavy (non-hydrogen) atoms. The van der Waals surface area contributed by atoms with Crippen LogP contribution in [-0.4, -0.2) is 52.3 Å². The number of carbonyl (C=O) groups is 1. The molecule has 0 radical (unpaired) electrons. The van der Waals surface area contributed by atoms with Crippen molar-refractivity contribution in [3.8, 4) is 0 Å². The summed E-state index contributed by atoms with van der Waals surface area (Å²) < 4.78 is 31.7. The first-order valence-electron chi connectivity index (χ1n) is 7.52. The van der Waals surface area contributed by atoms with Crippen molar-refractivity contribution in [2.24, 2.45) is 16.8 Å². The van der Waals surface area contributed by atoms with E-state index < -0.39 is 30.4 Å². The Balaban J connectivity index is 0.000000640. The molecule has 1 aliphatic rings. The number of nitrogens with zero attached hydrogens (tertiary/aromatic N) is 3. The smallest absolute Gasteiger partial charge is 0.475 e. The molecule has 0 unspecified atom stereocenters. The molecule has 1 rings (SSSR count). The van der Waals surface area contributed by atoms with Gasteiger partial charge in [0.15, 0.2) is 0 Å². The van der Waals surface area contributed by atoms with Crippen LogP contribution in [0.5, 0.6) is 0 Å². The molecule has 1 fully saturated rings. The van der Waals surface area contributed by atoms with Crippen LogP contribution in [0.4, 0.5) is 13.2 Å². The zero-order valence-corrected chi connectivity index (χ0v) is 13.1. The number of nitrogens with two attached hydrogens (primary N) is 1. The molecular weight excluding hydrogens is 333 g/mol. The molecule has 0 saturated heterocycles. The number of aliphatic hydroxyl groups is 2. The van der Waals surface area contributed by atoms with Crippen molar-refractivity contribution < 1.29 is 33.3 Å². The molecule has 11 heteroatoms. The summed E-state index contributed by atoms with van der Waals surface area (Å²) in [5.41, 5.74) is 14.0. The second kappa shape index (κ2) is 11.1. The average molecular weight is 356 g/mol. The topological polar surface area (TPSA) is 153 Å². The van der Waals surface area contributed by atoms with Crippen molar-refractivity contribution in [1.29, 1.82) is 0 Å². The SMILES string of the molecule is O=C(O)C(F)(F)F.[N-]=[N+]=NC[C@H](O)[C@H](O)[C@@H](N)CC1CCCCC1. The molecule has 0 heterocycles. The first-order chi connectivity index (χ1) is 11.1. The van der Waals surface area contributed by atoms with Gasteiger partial charge in [-0.3, -0.25) is 0 Å². The number of rotatable bonds is 6. The van der Waals surface area contributed by atoms with Gasteiger partial charge in [0.05, 0.1) is 18.8 Å². The highest BCUT2D eigenvalue weighted by atomic mass is 19.4. The summed E-state index contributed by atoms with van der Waals surface area (Å²) in [5, 5.41) is 29.7. The van der Waals surface area contributed by atoms with E-state index in [0.29, 0.717) is 5.92 Å². The Morgan fingerprint density at radius 2 is 1.79 bits per heavy atom. The van der Waals surface area contributed by atoms with Crippen molar-refractivity contribution in [2.45, 2.75) is 63.0 Å².